The summed E-state index contributed by atoms with van der Waals surface area (Å²) in [5, 5.41) is 3.68. The number of hydrogen-bond donors (Lipinski definition) is 1. The topological polar surface area (TPSA) is 33.1 Å². The third-order valence-electron chi connectivity index (χ3n) is 4.99. The number of piperidine rings is 1. The molecule has 21 heavy (non-hydrogen) atoms. The van der Waals surface area contributed by atoms with Crippen LogP contribution in [-0.2, 0) is 0 Å². The minimum atomic E-state index is 0.494. The van der Waals surface area contributed by atoms with E-state index in [0.29, 0.717) is 12.1 Å². The molecule has 0 bridgehead atoms. The summed E-state index contributed by atoms with van der Waals surface area (Å²) in [6.07, 6.45) is 11.7. The highest BCUT2D eigenvalue weighted by atomic mass is 15.3. The van der Waals surface area contributed by atoms with E-state index in [-0.39, 0.29) is 0 Å². The summed E-state index contributed by atoms with van der Waals surface area (Å²) >= 11 is 0. The highest BCUT2D eigenvalue weighted by Gasteiger charge is 2.20. The molecule has 1 saturated heterocycles. The van der Waals surface area contributed by atoms with Crippen LogP contribution >= 0.6 is 0 Å². The van der Waals surface area contributed by atoms with Crippen LogP contribution in [0.1, 0.15) is 63.6 Å². The number of imidazole rings is 1. The van der Waals surface area contributed by atoms with Crippen LogP contribution < -0.4 is 5.32 Å². The van der Waals surface area contributed by atoms with Gasteiger partial charge in [-0.05, 0) is 52.6 Å². The van der Waals surface area contributed by atoms with E-state index >= 15 is 0 Å². The Morgan fingerprint density at radius 3 is 2.62 bits per heavy atom. The van der Waals surface area contributed by atoms with E-state index in [1.54, 1.807) is 0 Å². The van der Waals surface area contributed by atoms with Crippen LogP contribution in [0.5, 0.6) is 0 Å². The van der Waals surface area contributed by atoms with Crippen molar-refractivity contribution in [3.05, 3.63) is 11.9 Å². The summed E-state index contributed by atoms with van der Waals surface area (Å²) in [7, 11) is 0. The van der Waals surface area contributed by atoms with E-state index in [1.165, 1.54) is 58.0 Å². The zero-order valence-electron chi connectivity index (χ0n) is 13.6. The number of nitrogens with one attached hydrogen (secondary N) is 1. The molecule has 1 aliphatic heterocycles. The van der Waals surface area contributed by atoms with Crippen molar-refractivity contribution in [2.75, 3.05) is 25.0 Å². The van der Waals surface area contributed by atoms with Crippen molar-refractivity contribution in [3.63, 3.8) is 0 Å². The zero-order valence-corrected chi connectivity index (χ0v) is 13.6. The van der Waals surface area contributed by atoms with E-state index in [9.17, 15) is 0 Å². The van der Waals surface area contributed by atoms with Crippen LogP contribution in [0.15, 0.2) is 6.20 Å². The second kappa shape index (κ2) is 6.82. The molecule has 2 aliphatic rings. The number of anilines is 1. The SMILES string of the molecule is Cc1cn(C(C)CN2CCCCC2)c(NC2CCCC2)n1. The minimum Gasteiger partial charge on any atom is -0.353 e. The first kappa shape index (κ1) is 14.9. The van der Waals surface area contributed by atoms with E-state index in [0.717, 1.165) is 18.2 Å². The molecule has 0 amide bonds. The minimum absolute atomic E-state index is 0.494. The Morgan fingerprint density at radius 2 is 1.90 bits per heavy atom. The van der Waals surface area contributed by atoms with Crippen LogP contribution in [0.2, 0.25) is 0 Å². The number of aryl methyl sites for hydroxylation is 1. The molecule has 1 aromatic rings. The molecule has 2 fully saturated rings. The fraction of sp³-hybridized carbons (Fsp3) is 0.824. The summed E-state index contributed by atoms with van der Waals surface area (Å²) in [4.78, 5) is 7.34. The van der Waals surface area contributed by atoms with Gasteiger partial charge in [-0.3, -0.25) is 0 Å². The standard InChI is InChI=1S/C17H30N4/c1-14-12-21(15(2)13-20-10-6-3-7-11-20)17(18-14)19-16-8-4-5-9-16/h12,15-16H,3-11,13H2,1-2H3,(H,18,19). The molecule has 0 aromatic carbocycles. The molecule has 2 heterocycles. The first-order valence-electron chi connectivity index (χ1n) is 8.77. The second-order valence-electron chi connectivity index (χ2n) is 6.95. The summed E-state index contributed by atoms with van der Waals surface area (Å²) in [6.45, 7) is 8.11. The van der Waals surface area contributed by atoms with Gasteiger partial charge in [-0.1, -0.05) is 19.3 Å². The zero-order chi connectivity index (χ0) is 14.7. The molecular formula is C17H30N4. The monoisotopic (exact) mass is 290 g/mol. The van der Waals surface area contributed by atoms with Gasteiger partial charge in [0.25, 0.3) is 0 Å². The van der Waals surface area contributed by atoms with Crippen LogP contribution in [0.3, 0.4) is 0 Å². The average molecular weight is 290 g/mol. The highest BCUT2D eigenvalue weighted by molar-refractivity contribution is 5.31. The van der Waals surface area contributed by atoms with Crippen molar-refractivity contribution >= 4 is 5.95 Å². The molecule has 1 unspecified atom stereocenters. The largest absolute Gasteiger partial charge is 0.353 e. The summed E-state index contributed by atoms with van der Waals surface area (Å²) in [6, 6.07) is 1.13. The molecule has 1 aliphatic carbocycles. The van der Waals surface area contributed by atoms with Crippen molar-refractivity contribution in [3.8, 4) is 0 Å². The molecule has 1 N–H and O–H groups in total. The Bertz CT molecular complexity index is 442. The maximum atomic E-state index is 4.72. The summed E-state index contributed by atoms with van der Waals surface area (Å²) < 4.78 is 2.36. The van der Waals surface area contributed by atoms with Crippen LogP contribution in [0.25, 0.3) is 0 Å². The quantitative estimate of drug-likeness (QED) is 0.899. The van der Waals surface area contributed by atoms with Gasteiger partial charge in [0.1, 0.15) is 0 Å². The second-order valence-corrected chi connectivity index (χ2v) is 6.95. The molecule has 3 rings (SSSR count). The van der Waals surface area contributed by atoms with E-state index in [1.807, 2.05) is 0 Å². The van der Waals surface area contributed by atoms with Gasteiger partial charge in [-0.15, -0.1) is 0 Å². The molecule has 1 saturated carbocycles. The Morgan fingerprint density at radius 1 is 1.19 bits per heavy atom. The van der Waals surface area contributed by atoms with E-state index in [2.05, 4.69) is 34.8 Å². The Hall–Kier alpha value is -1.03. The van der Waals surface area contributed by atoms with E-state index in [4.69, 9.17) is 4.98 Å². The van der Waals surface area contributed by atoms with Crippen LogP contribution in [0.4, 0.5) is 5.95 Å². The van der Waals surface area contributed by atoms with Crippen LogP contribution in [-0.4, -0.2) is 40.1 Å². The highest BCUT2D eigenvalue weighted by Crippen LogP contribution is 2.24. The maximum Gasteiger partial charge on any atom is 0.203 e. The lowest BCUT2D eigenvalue weighted by Gasteiger charge is -2.30. The number of hydrogen-bond acceptors (Lipinski definition) is 3. The van der Waals surface area contributed by atoms with Gasteiger partial charge in [0, 0.05) is 24.8 Å². The Kier molecular flexibility index (Phi) is 4.84. The maximum absolute atomic E-state index is 4.72. The predicted octanol–water partition coefficient (Wildman–Crippen LogP) is 3.59. The molecule has 4 nitrogen and oxygen atoms in total. The van der Waals surface area contributed by atoms with Gasteiger partial charge in [0.05, 0.1) is 5.69 Å². The van der Waals surface area contributed by atoms with Crippen LogP contribution in [0, 0.1) is 6.92 Å². The lowest BCUT2D eigenvalue weighted by atomic mass is 10.1. The van der Waals surface area contributed by atoms with Gasteiger partial charge in [0.2, 0.25) is 5.95 Å². The summed E-state index contributed by atoms with van der Waals surface area (Å²) in [5.74, 6) is 1.09. The number of likely N-dealkylation sites (tertiary alicyclic amines) is 1. The molecule has 4 heteroatoms. The first-order valence-corrected chi connectivity index (χ1v) is 8.77. The van der Waals surface area contributed by atoms with Crippen molar-refractivity contribution in [2.45, 2.75) is 70.9 Å². The molecule has 1 atom stereocenters. The molecular weight excluding hydrogens is 260 g/mol. The normalized spacial score (nSPS) is 22.6. The van der Waals surface area contributed by atoms with Gasteiger partial charge in [-0.25, -0.2) is 4.98 Å². The van der Waals surface area contributed by atoms with Crippen molar-refractivity contribution in [1.82, 2.24) is 14.5 Å². The van der Waals surface area contributed by atoms with Gasteiger partial charge >= 0.3 is 0 Å². The molecule has 118 valence electrons. The molecule has 0 spiro atoms. The lowest BCUT2D eigenvalue weighted by molar-refractivity contribution is 0.202. The fourth-order valence-electron chi connectivity index (χ4n) is 3.82. The van der Waals surface area contributed by atoms with Crippen molar-refractivity contribution in [1.29, 1.82) is 0 Å². The number of rotatable bonds is 5. The average Bonchev–Trinajstić information content (AvgIpc) is 3.10. The van der Waals surface area contributed by atoms with Crippen molar-refractivity contribution < 1.29 is 0 Å². The molecule has 1 aromatic heterocycles. The van der Waals surface area contributed by atoms with Gasteiger partial charge < -0.3 is 14.8 Å². The third-order valence-corrected chi connectivity index (χ3v) is 4.99. The van der Waals surface area contributed by atoms with Crippen molar-refractivity contribution in [2.24, 2.45) is 0 Å². The predicted molar refractivity (Wildman–Crippen MR) is 87.8 cm³/mol. The number of aromatic nitrogens is 2. The smallest absolute Gasteiger partial charge is 0.203 e. The number of nitrogens with zero attached hydrogens (tertiary/aromatic N) is 3. The Balaban J connectivity index is 1.64. The fourth-order valence-corrected chi connectivity index (χ4v) is 3.82. The first-order chi connectivity index (χ1) is 10.2. The Labute approximate surface area is 128 Å². The third kappa shape index (κ3) is 3.79. The summed E-state index contributed by atoms with van der Waals surface area (Å²) in [5.41, 5.74) is 1.13. The van der Waals surface area contributed by atoms with Gasteiger partial charge in [-0.2, -0.15) is 0 Å². The van der Waals surface area contributed by atoms with E-state index < -0.39 is 0 Å². The molecule has 0 radical (unpaired) electrons. The lowest BCUT2D eigenvalue weighted by Crippen LogP contribution is -2.34. The van der Waals surface area contributed by atoms with Gasteiger partial charge in [0.15, 0.2) is 0 Å².